The predicted octanol–water partition coefficient (Wildman–Crippen LogP) is 0.406. The van der Waals surface area contributed by atoms with Gasteiger partial charge in [0.15, 0.2) is 6.04 Å². The maximum absolute atomic E-state index is 11.8. The molecule has 6 nitrogen and oxygen atoms in total. The summed E-state index contributed by atoms with van der Waals surface area (Å²) in [6.07, 6.45) is 5.26. The summed E-state index contributed by atoms with van der Waals surface area (Å²) in [5, 5.41) is 20.5. The first-order valence-corrected chi connectivity index (χ1v) is 5.93. The molecular weight excluding hydrogens is 224 g/mol. The molecule has 1 atom stereocenters. The van der Waals surface area contributed by atoms with E-state index in [9.17, 15) is 9.59 Å². The molecule has 3 N–H and O–H groups in total. The van der Waals surface area contributed by atoms with E-state index >= 15 is 0 Å². The smallest absolute Gasteiger partial charge is 0.328 e. The number of nitrogens with one attached hydrogen (secondary N) is 1. The highest BCUT2D eigenvalue weighted by atomic mass is 16.4. The largest absolute Gasteiger partial charge is 0.480 e. The van der Waals surface area contributed by atoms with Crippen LogP contribution in [0.15, 0.2) is 0 Å². The number of carboxylic acids is 1. The van der Waals surface area contributed by atoms with Crippen molar-refractivity contribution in [2.45, 2.75) is 44.2 Å². The Kier molecular flexibility index (Phi) is 5.21. The second-order valence-corrected chi connectivity index (χ2v) is 4.43. The molecule has 98 valence electrons. The van der Waals surface area contributed by atoms with Gasteiger partial charge in [-0.25, -0.2) is 9.59 Å². The average molecular weight is 244 g/mol. The molecule has 0 bridgehead atoms. The lowest BCUT2D eigenvalue weighted by molar-refractivity contribution is -0.143. The normalized spacial score (nSPS) is 18.5. The lowest BCUT2D eigenvalue weighted by atomic mass is 9.96. The van der Waals surface area contributed by atoms with Crippen LogP contribution in [0.1, 0.15) is 32.1 Å². The first-order chi connectivity index (χ1) is 8.06. The zero-order chi connectivity index (χ0) is 12.8. The molecule has 1 unspecified atom stereocenters. The van der Waals surface area contributed by atoms with Crippen LogP contribution in [0.2, 0.25) is 0 Å². The molecule has 0 radical (unpaired) electrons. The highest BCUT2D eigenvalue weighted by Crippen LogP contribution is 2.17. The summed E-state index contributed by atoms with van der Waals surface area (Å²) in [4.78, 5) is 23.6. The minimum Gasteiger partial charge on any atom is -0.480 e. The fourth-order valence-corrected chi connectivity index (χ4v) is 2.03. The summed E-state index contributed by atoms with van der Waals surface area (Å²) in [6.45, 7) is -0.579. The van der Waals surface area contributed by atoms with Gasteiger partial charge in [-0.05, 0) is 12.8 Å². The highest BCUT2D eigenvalue weighted by molar-refractivity contribution is 5.82. The van der Waals surface area contributed by atoms with Crippen molar-refractivity contribution in [3.8, 4) is 0 Å². The lowest BCUT2D eigenvalue weighted by Crippen LogP contribution is -2.51. The van der Waals surface area contributed by atoms with Gasteiger partial charge in [0.05, 0.1) is 6.61 Å². The van der Waals surface area contributed by atoms with E-state index in [1.807, 2.05) is 0 Å². The Hall–Kier alpha value is -1.30. The number of carbonyl (C=O) groups is 2. The van der Waals surface area contributed by atoms with Gasteiger partial charge in [0.25, 0.3) is 0 Å². The molecule has 1 saturated carbocycles. The molecular formula is C11H20N2O4. The second kappa shape index (κ2) is 6.44. The number of carboxylic acid groups (broad SMARTS) is 1. The Morgan fingerprint density at radius 2 is 1.94 bits per heavy atom. The first kappa shape index (κ1) is 13.8. The highest BCUT2D eigenvalue weighted by Gasteiger charge is 2.27. The molecule has 0 aromatic heterocycles. The number of rotatable bonds is 4. The molecule has 0 saturated heterocycles. The molecule has 1 aliphatic carbocycles. The number of aliphatic hydroxyl groups is 1. The number of hydrogen-bond acceptors (Lipinski definition) is 3. The zero-order valence-corrected chi connectivity index (χ0v) is 10.1. The molecule has 0 aliphatic heterocycles. The Balaban J connectivity index is 2.47. The molecule has 0 heterocycles. The number of aliphatic hydroxyl groups excluding tert-OH is 1. The standard InChI is InChI=1S/C11H20N2O4/c1-13(9(7-14)10(15)16)11(17)12-8-5-3-2-4-6-8/h8-9,14H,2-7H2,1H3,(H,12,17)(H,15,16). The van der Waals surface area contributed by atoms with Gasteiger partial charge in [-0.15, -0.1) is 0 Å². The third-order valence-corrected chi connectivity index (χ3v) is 3.18. The van der Waals surface area contributed by atoms with Crippen molar-refractivity contribution >= 4 is 12.0 Å². The van der Waals surface area contributed by atoms with E-state index in [0.29, 0.717) is 0 Å². The van der Waals surface area contributed by atoms with Gasteiger partial charge in [-0.3, -0.25) is 0 Å². The summed E-state index contributed by atoms with van der Waals surface area (Å²) < 4.78 is 0. The minimum atomic E-state index is -1.20. The number of amides is 2. The van der Waals surface area contributed by atoms with E-state index in [2.05, 4.69) is 5.32 Å². The van der Waals surface area contributed by atoms with Crippen LogP contribution in [0.25, 0.3) is 0 Å². The van der Waals surface area contributed by atoms with E-state index in [4.69, 9.17) is 10.2 Å². The zero-order valence-electron chi connectivity index (χ0n) is 10.1. The van der Waals surface area contributed by atoms with Crippen molar-refractivity contribution in [2.75, 3.05) is 13.7 Å². The molecule has 1 fully saturated rings. The lowest BCUT2D eigenvalue weighted by Gasteiger charge is -2.28. The van der Waals surface area contributed by atoms with Crippen molar-refractivity contribution in [3.63, 3.8) is 0 Å². The van der Waals surface area contributed by atoms with Crippen LogP contribution in [0, 0.1) is 0 Å². The van der Waals surface area contributed by atoms with Crippen molar-refractivity contribution in [3.05, 3.63) is 0 Å². The summed E-state index contributed by atoms with van der Waals surface area (Å²) in [6, 6.07) is -1.48. The molecule has 0 aromatic rings. The average Bonchev–Trinajstić information content (AvgIpc) is 2.30. The molecule has 17 heavy (non-hydrogen) atoms. The summed E-state index contributed by atoms with van der Waals surface area (Å²) in [5.74, 6) is -1.20. The van der Waals surface area contributed by atoms with E-state index < -0.39 is 24.6 Å². The first-order valence-electron chi connectivity index (χ1n) is 5.93. The van der Waals surface area contributed by atoms with Gasteiger partial charge in [0, 0.05) is 13.1 Å². The Morgan fingerprint density at radius 3 is 2.41 bits per heavy atom. The number of urea groups is 1. The quantitative estimate of drug-likeness (QED) is 0.668. The third-order valence-electron chi connectivity index (χ3n) is 3.18. The summed E-state index contributed by atoms with van der Waals surface area (Å²) in [5.41, 5.74) is 0. The van der Waals surface area contributed by atoms with Crippen molar-refractivity contribution in [2.24, 2.45) is 0 Å². The SMILES string of the molecule is CN(C(=O)NC1CCCCC1)C(CO)C(=O)O. The van der Waals surface area contributed by atoms with Gasteiger partial charge >= 0.3 is 12.0 Å². The molecule has 0 spiro atoms. The third kappa shape index (κ3) is 3.89. The van der Waals surface area contributed by atoms with Gasteiger partial charge in [0.1, 0.15) is 0 Å². The van der Waals surface area contributed by atoms with Crippen LogP contribution in [0.3, 0.4) is 0 Å². The van der Waals surface area contributed by atoms with Crippen molar-refractivity contribution in [1.82, 2.24) is 10.2 Å². The van der Waals surface area contributed by atoms with Gasteiger partial charge in [-0.1, -0.05) is 19.3 Å². The Bertz CT molecular complexity index is 277. The van der Waals surface area contributed by atoms with Gasteiger partial charge in [0.2, 0.25) is 0 Å². The van der Waals surface area contributed by atoms with E-state index in [0.717, 1.165) is 30.6 Å². The molecule has 0 aromatic carbocycles. The van der Waals surface area contributed by atoms with Crippen molar-refractivity contribution in [1.29, 1.82) is 0 Å². The molecule has 2 amide bonds. The van der Waals surface area contributed by atoms with Crippen LogP contribution >= 0.6 is 0 Å². The second-order valence-electron chi connectivity index (χ2n) is 4.43. The minimum absolute atomic E-state index is 0.131. The maximum Gasteiger partial charge on any atom is 0.328 e. The molecule has 6 heteroatoms. The fourth-order valence-electron chi connectivity index (χ4n) is 2.03. The van der Waals surface area contributed by atoms with E-state index in [1.54, 1.807) is 0 Å². The number of carbonyl (C=O) groups excluding carboxylic acids is 1. The number of aliphatic carboxylic acids is 1. The predicted molar refractivity (Wildman–Crippen MR) is 61.7 cm³/mol. The van der Waals surface area contributed by atoms with Crippen LogP contribution in [-0.4, -0.2) is 52.9 Å². The fraction of sp³-hybridized carbons (Fsp3) is 0.818. The number of hydrogen-bond donors (Lipinski definition) is 3. The summed E-state index contributed by atoms with van der Waals surface area (Å²) in [7, 11) is 1.38. The van der Waals surface area contributed by atoms with Crippen LogP contribution in [0.4, 0.5) is 4.79 Å². The Labute approximate surface area is 101 Å². The monoisotopic (exact) mass is 244 g/mol. The number of likely N-dealkylation sites (N-methyl/N-ethyl adjacent to an activating group) is 1. The molecule has 1 aliphatic rings. The number of nitrogens with zero attached hydrogens (tertiary/aromatic N) is 1. The van der Waals surface area contributed by atoms with Crippen LogP contribution in [-0.2, 0) is 4.79 Å². The van der Waals surface area contributed by atoms with E-state index in [-0.39, 0.29) is 6.04 Å². The topological polar surface area (TPSA) is 89.9 Å². The van der Waals surface area contributed by atoms with Crippen LogP contribution in [0.5, 0.6) is 0 Å². The van der Waals surface area contributed by atoms with Crippen molar-refractivity contribution < 1.29 is 19.8 Å². The molecule has 1 rings (SSSR count). The van der Waals surface area contributed by atoms with Gasteiger partial charge < -0.3 is 20.4 Å². The maximum atomic E-state index is 11.8. The van der Waals surface area contributed by atoms with E-state index in [1.165, 1.54) is 13.5 Å². The Morgan fingerprint density at radius 1 is 1.35 bits per heavy atom. The summed E-state index contributed by atoms with van der Waals surface area (Å²) >= 11 is 0. The van der Waals surface area contributed by atoms with Gasteiger partial charge in [-0.2, -0.15) is 0 Å². The van der Waals surface area contributed by atoms with Crippen LogP contribution < -0.4 is 5.32 Å².